The van der Waals surface area contributed by atoms with Gasteiger partial charge in [0.25, 0.3) is 5.91 Å². The van der Waals surface area contributed by atoms with E-state index in [1.807, 2.05) is 36.4 Å². The van der Waals surface area contributed by atoms with Crippen molar-refractivity contribution in [1.82, 2.24) is 5.32 Å². The summed E-state index contributed by atoms with van der Waals surface area (Å²) in [4.78, 5) is 36.9. The summed E-state index contributed by atoms with van der Waals surface area (Å²) in [5.41, 5.74) is 0.417. The molecule has 0 bridgehead atoms. The standard InChI is InChI=1S/C26H20BrNO6/c27-19-7-4-8-20(14-19)32-16-24(29)33-21-10-9-18-13-22(26(31)34-23(18)15-21)25(30)28-12-11-17-5-2-1-3-6-17/h1-10,13-15H,11-12,16H2,(H,28,30). The van der Waals surface area contributed by atoms with E-state index in [0.717, 1.165) is 10.0 Å². The second kappa shape index (κ2) is 10.8. The van der Waals surface area contributed by atoms with E-state index in [2.05, 4.69) is 21.2 Å². The summed E-state index contributed by atoms with van der Waals surface area (Å²) in [6.07, 6.45) is 0.644. The number of fused-ring (bicyclic) bond motifs is 1. The van der Waals surface area contributed by atoms with Crippen LogP contribution in [0.1, 0.15) is 15.9 Å². The van der Waals surface area contributed by atoms with Crippen LogP contribution in [0, 0.1) is 0 Å². The normalized spacial score (nSPS) is 10.6. The maximum Gasteiger partial charge on any atom is 0.349 e. The lowest BCUT2D eigenvalue weighted by molar-refractivity contribution is -0.136. The number of carbonyl (C=O) groups is 2. The summed E-state index contributed by atoms with van der Waals surface area (Å²) in [7, 11) is 0. The molecule has 0 saturated heterocycles. The van der Waals surface area contributed by atoms with E-state index in [0.29, 0.717) is 24.1 Å². The average Bonchev–Trinajstić information content (AvgIpc) is 2.83. The molecule has 0 fully saturated rings. The Kier molecular flexibility index (Phi) is 7.39. The Morgan fingerprint density at radius 1 is 0.912 bits per heavy atom. The molecule has 1 aromatic heterocycles. The van der Waals surface area contributed by atoms with Crippen LogP contribution in [-0.4, -0.2) is 25.0 Å². The lowest BCUT2D eigenvalue weighted by Gasteiger charge is -2.08. The first-order chi connectivity index (χ1) is 16.5. The Bertz CT molecular complexity index is 1380. The number of rotatable bonds is 8. The van der Waals surface area contributed by atoms with E-state index in [1.54, 1.807) is 30.3 Å². The topological polar surface area (TPSA) is 94.8 Å². The number of halogens is 1. The average molecular weight is 522 g/mol. The van der Waals surface area contributed by atoms with Gasteiger partial charge >= 0.3 is 11.6 Å². The zero-order valence-electron chi connectivity index (χ0n) is 18.0. The molecule has 0 spiro atoms. The number of amides is 1. The van der Waals surface area contributed by atoms with Gasteiger partial charge in [-0.05, 0) is 48.4 Å². The maximum absolute atomic E-state index is 12.5. The van der Waals surface area contributed by atoms with Gasteiger partial charge in [0, 0.05) is 22.5 Å². The fraction of sp³-hybridized carbons (Fsp3) is 0.115. The van der Waals surface area contributed by atoms with Crippen molar-refractivity contribution >= 4 is 38.8 Å². The number of hydrogen-bond acceptors (Lipinski definition) is 6. The Labute approximate surface area is 203 Å². The van der Waals surface area contributed by atoms with Crippen molar-refractivity contribution in [3.05, 3.63) is 105 Å². The fourth-order valence-electron chi connectivity index (χ4n) is 3.23. The van der Waals surface area contributed by atoms with Crippen LogP contribution in [0.3, 0.4) is 0 Å². The first-order valence-electron chi connectivity index (χ1n) is 10.5. The molecular weight excluding hydrogens is 502 g/mol. The summed E-state index contributed by atoms with van der Waals surface area (Å²) < 4.78 is 16.8. The van der Waals surface area contributed by atoms with E-state index in [-0.39, 0.29) is 23.5 Å². The molecule has 1 N–H and O–H groups in total. The van der Waals surface area contributed by atoms with Gasteiger partial charge in [0.05, 0.1) is 0 Å². The molecule has 0 radical (unpaired) electrons. The van der Waals surface area contributed by atoms with E-state index >= 15 is 0 Å². The molecule has 1 amide bonds. The van der Waals surface area contributed by atoms with Crippen molar-refractivity contribution in [2.45, 2.75) is 6.42 Å². The molecule has 7 nitrogen and oxygen atoms in total. The summed E-state index contributed by atoms with van der Waals surface area (Å²) in [5.74, 6) is -0.410. The SMILES string of the molecule is O=C(COc1cccc(Br)c1)Oc1ccc2cc(C(=O)NCCc3ccccc3)c(=O)oc2c1. The lowest BCUT2D eigenvalue weighted by Crippen LogP contribution is -2.29. The summed E-state index contributed by atoms with van der Waals surface area (Å²) in [5, 5.41) is 3.26. The Morgan fingerprint density at radius 2 is 1.74 bits per heavy atom. The van der Waals surface area contributed by atoms with Crippen molar-refractivity contribution in [1.29, 1.82) is 0 Å². The molecule has 34 heavy (non-hydrogen) atoms. The van der Waals surface area contributed by atoms with Crippen molar-refractivity contribution in [3.63, 3.8) is 0 Å². The highest BCUT2D eigenvalue weighted by molar-refractivity contribution is 9.10. The van der Waals surface area contributed by atoms with E-state index in [1.165, 1.54) is 12.1 Å². The lowest BCUT2D eigenvalue weighted by atomic mass is 10.1. The third kappa shape index (κ3) is 6.11. The van der Waals surface area contributed by atoms with Crippen LogP contribution in [0.15, 0.2) is 92.5 Å². The van der Waals surface area contributed by atoms with Crippen LogP contribution < -0.4 is 20.4 Å². The van der Waals surface area contributed by atoms with Gasteiger partial charge in [0.1, 0.15) is 22.6 Å². The van der Waals surface area contributed by atoms with Crippen LogP contribution >= 0.6 is 15.9 Å². The second-order valence-corrected chi connectivity index (χ2v) is 8.27. The highest BCUT2D eigenvalue weighted by Crippen LogP contribution is 2.21. The smallest absolute Gasteiger partial charge is 0.349 e. The molecule has 0 unspecified atom stereocenters. The Hall–Kier alpha value is -3.91. The largest absolute Gasteiger partial charge is 0.482 e. The number of ether oxygens (including phenoxy) is 2. The van der Waals surface area contributed by atoms with Gasteiger partial charge in [-0.1, -0.05) is 52.3 Å². The van der Waals surface area contributed by atoms with Crippen LogP contribution in [0.4, 0.5) is 0 Å². The molecule has 0 saturated carbocycles. The molecule has 1 heterocycles. The van der Waals surface area contributed by atoms with Crippen molar-refractivity contribution in [3.8, 4) is 11.5 Å². The van der Waals surface area contributed by atoms with Crippen LogP contribution in [0.5, 0.6) is 11.5 Å². The summed E-state index contributed by atoms with van der Waals surface area (Å²) >= 11 is 3.33. The number of hydrogen-bond donors (Lipinski definition) is 1. The Morgan fingerprint density at radius 3 is 2.53 bits per heavy atom. The predicted molar refractivity (Wildman–Crippen MR) is 130 cm³/mol. The molecule has 0 aliphatic rings. The van der Waals surface area contributed by atoms with Gasteiger partial charge in [-0.15, -0.1) is 0 Å². The second-order valence-electron chi connectivity index (χ2n) is 7.36. The highest BCUT2D eigenvalue weighted by Gasteiger charge is 2.15. The van der Waals surface area contributed by atoms with E-state index < -0.39 is 17.5 Å². The molecule has 0 atom stereocenters. The van der Waals surface area contributed by atoms with Crippen LogP contribution in [0.25, 0.3) is 11.0 Å². The molecule has 4 aromatic rings. The number of benzene rings is 3. The first kappa shape index (κ1) is 23.3. The van der Waals surface area contributed by atoms with Crippen molar-refractivity contribution in [2.24, 2.45) is 0 Å². The Balaban J connectivity index is 1.38. The quantitative estimate of drug-likeness (QED) is 0.208. The zero-order chi connectivity index (χ0) is 23.9. The number of esters is 1. The van der Waals surface area contributed by atoms with Gasteiger partial charge in [-0.25, -0.2) is 9.59 Å². The molecule has 3 aromatic carbocycles. The number of nitrogens with one attached hydrogen (secondary N) is 1. The molecular formula is C26H20BrNO6. The molecule has 0 aliphatic heterocycles. The van der Waals surface area contributed by atoms with Gasteiger partial charge in [-0.3, -0.25) is 4.79 Å². The van der Waals surface area contributed by atoms with Crippen LogP contribution in [-0.2, 0) is 11.2 Å². The molecule has 172 valence electrons. The van der Waals surface area contributed by atoms with Gasteiger partial charge < -0.3 is 19.2 Å². The number of carbonyl (C=O) groups excluding carboxylic acids is 2. The predicted octanol–water partition coefficient (Wildman–Crippen LogP) is 4.51. The van der Waals surface area contributed by atoms with E-state index in [9.17, 15) is 14.4 Å². The zero-order valence-corrected chi connectivity index (χ0v) is 19.5. The first-order valence-corrected chi connectivity index (χ1v) is 11.3. The van der Waals surface area contributed by atoms with Gasteiger partial charge in [-0.2, -0.15) is 0 Å². The third-order valence-electron chi connectivity index (χ3n) is 4.88. The minimum atomic E-state index is -0.772. The molecule has 8 heteroatoms. The monoisotopic (exact) mass is 521 g/mol. The van der Waals surface area contributed by atoms with Gasteiger partial charge in [0.2, 0.25) is 0 Å². The van der Waals surface area contributed by atoms with Crippen LogP contribution in [0.2, 0.25) is 0 Å². The molecule has 0 aliphatic carbocycles. The van der Waals surface area contributed by atoms with Crippen molar-refractivity contribution < 1.29 is 23.5 Å². The fourth-order valence-corrected chi connectivity index (χ4v) is 3.61. The summed E-state index contributed by atoms with van der Waals surface area (Å²) in [6, 6.07) is 22.8. The highest BCUT2D eigenvalue weighted by atomic mass is 79.9. The summed E-state index contributed by atoms with van der Waals surface area (Å²) in [6.45, 7) is 0.0950. The maximum atomic E-state index is 12.5. The minimum absolute atomic E-state index is 0.0901. The minimum Gasteiger partial charge on any atom is -0.482 e. The molecule has 4 rings (SSSR count). The third-order valence-corrected chi connectivity index (χ3v) is 5.37. The van der Waals surface area contributed by atoms with Gasteiger partial charge in [0.15, 0.2) is 6.61 Å². The van der Waals surface area contributed by atoms with Crippen molar-refractivity contribution in [2.75, 3.05) is 13.2 Å². The van der Waals surface area contributed by atoms with E-state index in [4.69, 9.17) is 13.9 Å².